The van der Waals surface area contributed by atoms with E-state index in [1.165, 1.54) is 44.5 Å². The molecule has 10 aromatic rings. The molecule has 0 unspecified atom stereocenters. The van der Waals surface area contributed by atoms with E-state index < -0.39 is 0 Å². The van der Waals surface area contributed by atoms with E-state index in [9.17, 15) is 0 Å². The zero-order valence-electron chi connectivity index (χ0n) is 56.9. The summed E-state index contributed by atoms with van der Waals surface area (Å²) >= 11 is 0. The third-order valence-electron chi connectivity index (χ3n) is 17.4. The fraction of sp³-hybridized carbons (Fsp3) is 0.395. The van der Waals surface area contributed by atoms with Crippen molar-refractivity contribution in [3.63, 3.8) is 0 Å². The molecule has 494 valence electrons. The van der Waals surface area contributed by atoms with Gasteiger partial charge in [0.2, 0.25) is 0 Å². The quantitative estimate of drug-likeness (QED) is 0.149. The summed E-state index contributed by atoms with van der Waals surface area (Å²) in [4.78, 5) is 37.6. The zero-order chi connectivity index (χ0) is 64.7. The fourth-order valence-electron chi connectivity index (χ4n) is 11.5. The van der Waals surface area contributed by atoms with Crippen LogP contribution in [0.3, 0.4) is 0 Å². The van der Waals surface area contributed by atoms with Crippen molar-refractivity contribution in [1.29, 1.82) is 0 Å². The lowest BCUT2D eigenvalue weighted by atomic mass is 9.88. The minimum absolute atomic E-state index is 0. The molecule has 4 aliphatic carbocycles. The molecule has 6 heterocycles. The number of hydrogen-bond donors (Lipinski definition) is 0. The number of imidazole rings is 3. The first-order valence-electron chi connectivity index (χ1n) is 32.6. The third kappa shape index (κ3) is 20.4. The Morgan fingerprint density at radius 2 is 0.613 bits per heavy atom. The number of hydrogen-bond acceptors (Lipinski definition) is 9. The Morgan fingerprint density at radius 1 is 0.344 bits per heavy atom. The SMILES string of the molecule is C.C.C.C/C=C/c1ncnc2ncn(CC)c12.CC.CC1=C(C)Cc2ccccc2C1.CC1=C(C)Cc2ccccc2C1.CC1=C(C)Cc2ccccc2C1.CC1=C(C)Cc2ccccc2C1.CCCc1ncnc2ncn(CC)c12.CCn1cnc2ncnc(C)c21. The minimum atomic E-state index is 0. The molecule has 0 fully saturated rings. The summed E-state index contributed by atoms with van der Waals surface area (Å²) in [5.74, 6) is 0. The van der Waals surface area contributed by atoms with Gasteiger partial charge in [-0.2, -0.15) is 0 Å². The van der Waals surface area contributed by atoms with Gasteiger partial charge in [-0.15, -0.1) is 0 Å². The average molecular weight is 1250 g/mol. The second-order valence-corrected chi connectivity index (χ2v) is 23.6. The van der Waals surface area contributed by atoms with Gasteiger partial charge in [-0.05, 0) is 198 Å². The highest BCUT2D eigenvalue weighted by molar-refractivity contribution is 5.80. The standard InChI is InChI=1S/4C12H14.C10H14N4.C10H12N4.C8H10N4.C2H6.3CH4/c4*1-9-7-11-5-3-4-6-12(11)8-10(9)2;2*1-3-5-8-9-10(12-6-11-8)13-7-14(9)4-2;1-3-12-5-11-8-7(12)6(2)9-4-10-8;1-2;;;/h4*3-6H,7-8H2,1-2H3;6-7H,3-5H2,1-2H3;3,5-7H,4H2,1-2H3;4-5H,3H2,1-2H3;1-2H3;3*1H4/b;;;;;5-3+;;;;;. The van der Waals surface area contributed by atoms with Crippen LogP contribution >= 0.6 is 0 Å². The summed E-state index contributed by atoms with van der Waals surface area (Å²) in [6.45, 7) is 37.0. The van der Waals surface area contributed by atoms with E-state index in [0.29, 0.717) is 0 Å². The van der Waals surface area contributed by atoms with Crippen molar-refractivity contribution in [1.82, 2.24) is 58.6 Å². The molecule has 0 atom stereocenters. The zero-order valence-corrected chi connectivity index (χ0v) is 56.9. The van der Waals surface area contributed by atoms with E-state index in [1.807, 2.05) is 55.3 Å². The van der Waals surface area contributed by atoms with Gasteiger partial charge in [0.05, 0.1) is 36.1 Å². The van der Waals surface area contributed by atoms with Crippen molar-refractivity contribution >= 4 is 39.6 Å². The van der Waals surface area contributed by atoms with Crippen LogP contribution in [0.5, 0.6) is 0 Å². The molecule has 12 nitrogen and oxygen atoms in total. The van der Waals surface area contributed by atoms with Crippen molar-refractivity contribution in [2.45, 2.75) is 217 Å². The van der Waals surface area contributed by atoms with E-state index in [0.717, 1.165) is 134 Å². The van der Waals surface area contributed by atoms with Crippen LogP contribution in [0.15, 0.2) is 186 Å². The molecule has 0 saturated carbocycles. The monoisotopic (exact) mass is 1250 g/mol. The minimum Gasteiger partial charge on any atom is -0.328 e. The van der Waals surface area contributed by atoms with Crippen molar-refractivity contribution in [3.8, 4) is 0 Å². The van der Waals surface area contributed by atoms with Crippen LogP contribution in [-0.2, 0) is 77.4 Å². The first-order valence-corrected chi connectivity index (χ1v) is 32.6. The smallest absolute Gasteiger partial charge is 0.181 e. The largest absolute Gasteiger partial charge is 0.328 e. The molecule has 93 heavy (non-hydrogen) atoms. The number of aryl methyl sites for hydroxylation is 5. The Morgan fingerprint density at radius 3 is 0.914 bits per heavy atom. The van der Waals surface area contributed by atoms with E-state index in [2.05, 4.69) is 230 Å². The lowest BCUT2D eigenvalue weighted by molar-refractivity contribution is 0.773. The molecule has 0 bridgehead atoms. The number of aromatic nitrogens is 12. The van der Waals surface area contributed by atoms with Gasteiger partial charge >= 0.3 is 0 Å². The van der Waals surface area contributed by atoms with E-state index >= 15 is 0 Å². The molecule has 0 spiro atoms. The molecular formula is C81H110N12. The number of rotatable bonds is 6. The van der Waals surface area contributed by atoms with Gasteiger partial charge in [0.25, 0.3) is 0 Å². The summed E-state index contributed by atoms with van der Waals surface area (Å²) in [5.41, 5.74) is 33.0. The molecule has 4 aromatic carbocycles. The summed E-state index contributed by atoms with van der Waals surface area (Å²) < 4.78 is 6.19. The summed E-state index contributed by atoms with van der Waals surface area (Å²) in [6, 6.07) is 35.0. The molecule has 0 aliphatic heterocycles. The van der Waals surface area contributed by atoms with Crippen molar-refractivity contribution in [2.75, 3.05) is 0 Å². The lowest BCUT2D eigenvalue weighted by Gasteiger charge is -2.18. The summed E-state index contributed by atoms with van der Waals surface area (Å²) in [7, 11) is 0. The van der Waals surface area contributed by atoms with Crippen LogP contribution in [0.25, 0.3) is 39.6 Å². The molecule has 0 saturated heterocycles. The molecule has 4 aliphatic rings. The van der Waals surface area contributed by atoms with Gasteiger partial charge in [0.15, 0.2) is 16.9 Å². The number of benzene rings is 4. The molecule has 14 rings (SSSR count). The van der Waals surface area contributed by atoms with Gasteiger partial charge < -0.3 is 13.7 Å². The molecule has 0 N–H and O–H groups in total. The Labute approximate surface area is 559 Å². The molecular weight excluding hydrogens is 1140 g/mol. The second kappa shape index (κ2) is 38.3. The Kier molecular flexibility index (Phi) is 31.6. The van der Waals surface area contributed by atoms with Crippen LogP contribution in [0.4, 0.5) is 0 Å². The Balaban J connectivity index is 0.000000229. The fourth-order valence-corrected chi connectivity index (χ4v) is 11.5. The highest BCUT2D eigenvalue weighted by atomic mass is 15.1. The van der Waals surface area contributed by atoms with Crippen molar-refractivity contribution in [3.05, 3.63) is 247 Å². The molecule has 12 heteroatoms. The molecule has 6 aromatic heterocycles. The first-order chi connectivity index (χ1) is 43.6. The highest BCUT2D eigenvalue weighted by Crippen LogP contribution is 2.29. The Bertz CT molecular complexity index is 3730. The van der Waals surface area contributed by atoms with Gasteiger partial charge in [0, 0.05) is 19.6 Å². The molecule has 0 radical (unpaired) electrons. The average Bonchev–Trinajstić information content (AvgIpc) is 1.85. The maximum absolute atomic E-state index is 4.31. The van der Waals surface area contributed by atoms with Gasteiger partial charge in [-0.3, -0.25) is 0 Å². The number of allylic oxidation sites excluding steroid dienone is 9. The maximum Gasteiger partial charge on any atom is 0.181 e. The van der Waals surface area contributed by atoms with E-state index in [1.54, 1.807) is 76.2 Å². The van der Waals surface area contributed by atoms with Crippen LogP contribution in [0.2, 0.25) is 0 Å². The van der Waals surface area contributed by atoms with Crippen molar-refractivity contribution < 1.29 is 0 Å². The van der Waals surface area contributed by atoms with Gasteiger partial charge in [-0.25, -0.2) is 44.9 Å². The van der Waals surface area contributed by atoms with Crippen LogP contribution in [-0.4, -0.2) is 58.6 Å². The second-order valence-electron chi connectivity index (χ2n) is 23.6. The van der Waals surface area contributed by atoms with Gasteiger partial charge in [-0.1, -0.05) is 197 Å². The Hall–Kier alpha value is -8.77. The predicted octanol–water partition coefficient (Wildman–Crippen LogP) is 20.3. The molecule has 0 amide bonds. The first kappa shape index (κ1) is 76.7. The maximum atomic E-state index is 4.31. The normalized spacial score (nSPS) is 13.2. The number of nitrogens with zero attached hydrogens (tertiary/aromatic N) is 12. The van der Waals surface area contributed by atoms with Crippen LogP contribution in [0, 0.1) is 6.92 Å². The lowest BCUT2D eigenvalue weighted by Crippen LogP contribution is -2.04. The van der Waals surface area contributed by atoms with Crippen LogP contribution in [0.1, 0.15) is 194 Å². The van der Waals surface area contributed by atoms with Crippen molar-refractivity contribution in [2.24, 2.45) is 0 Å². The third-order valence-corrected chi connectivity index (χ3v) is 17.4. The van der Waals surface area contributed by atoms with Gasteiger partial charge in [0.1, 0.15) is 35.5 Å². The topological polar surface area (TPSA) is 131 Å². The van der Waals surface area contributed by atoms with E-state index in [4.69, 9.17) is 0 Å². The van der Waals surface area contributed by atoms with E-state index in [-0.39, 0.29) is 22.3 Å². The predicted molar refractivity (Wildman–Crippen MR) is 397 cm³/mol. The highest BCUT2D eigenvalue weighted by Gasteiger charge is 2.15. The van der Waals surface area contributed by atoms with Crippen LogP contribution < -0.4 is 0 Å². The summed E-state index contributed by atoms with van der Waals surface area (Å²) in [6.07, 6.45) is 25.4. The summed E-state index contributed by atoms with van der Waals surface area (Å²) in [5, 5.41) is 0. The number of fused-ring (bicyclic) bond motifs is 7.